The molecule has 0 fully saturated rings. The van der Waals surface area contributed by atoms with Gasteiger partial charge in [0.2, 0.25) is 0 Å². The highest BCUT2D eigenvalue weighted by atomic mass is 16.5. The third-order valence-corrected chi connectivity index (χ3v) is 5.88. The Bertz CT molecular complexity index is 1090. The van der Waals surface area contributed by atoms with Gasteiger partial charge in [-0.25, -0.2) is 0 Å². The number of nitrogens with one attached hydrogen (secondary N) is 1. The minimum absolute atomic E-state index is 0.0677. The first-order valence-corrected chi connectivity index (χ1v) is 11.5. The third-order valence-electron chi connectivity index (χ3n) is 5.88. The van der Waals surface area contributed by atoms with E-state index in [2.05, 4.69) is 46.6 Å². The van der Waals surface area contributed by atoms with Crippen molar-refractivity contribution < 1.29 is 14.3 Å². The van der Waals surface area contributed by atoms with Crippen molar-refractivity contribution in [3.63, 3.8) is 0 Å². The van der Waals surface area contributed by atoms with E-state index in [9.17, 15) is 4.79 Å². The molecule has 5 heteroatoms. The summed E-state index contributed by atoms with van der Waals surface area (Å²) in [5.74, 6) is 1.28. The van der Waals surface area contributed by atoms with Crippen molar-refractivity contribution in [1.82, 2.24) is 10.2 Å². The third kappa shape index (κ3) is 5.93. The van der Waals surface area contributed by atoms with E-state index in [0.717, 1.165) is 31.6 Å². The second-order valence-electron chi connectivity index (χ2n) is 8.76. The topological polar surface area (TPSA) is 50.8 Å². The molecule has 0 atom stereocenters. The number of methoxy groups -OCH3 is 1. The van der Waals surface area contributed by atoms with E-state index >= 15 is 0 Å². The summed E-state index contributed by atoms with van der Waals surface area (Å²) in [4.78, 5) is 15.1. The van der Waals surface area contributed by atoms with Crippen LogP contribution < -0.4 is 14.8 Å². The second kappa shape index (κ2) is 10.5. The van der Waals surface area contributed by atoms with Crippen molar-refractivity contribution in [3.8, 4) is 11.5 Å². The van der Waals surface area contributed by atoms with Gasteiger partial charge in [0.05, 0.1) is 13.2 Å². The normalized spacial score (nSPS) is 13.5. The van der Waals surface area contributed by atoms with Gasteiger partial charge in [-0.2, -0.15) is 0 Å². The van der Waals surface area contributed by atoms with Gasteiger partial charge in [-0.15, -0.1) is 0 Å². The van der Waals surface area contributed by atoms with Gasteiger partial charge in [0.15, 0.2) is 11.5 Å². The highest BCUT2D eigenvalue weighted by Gasteiger charge is 2.16. The van der Waals surface area contributed by atoms with Crippen molar-refractivity contribution in [1.29, 1.82) is 0 Å². The molecule has 4 rings (SSSR count). The average Bonchev–Trinajstić information content (AvgIpc) is 2.83. The van der Waals surface area contributed by atoms with Crippen molar-refractivity contribution in [2.45, 2.75) is 46.0 Å². The zero-order valence-corrected chi connectivity index (χ0v) is 19.6. The quantitative estimate of drug-likeness (QED) is 0.533. The number of hydrogen-bond acceptors (Lipinski definition) is 4. The number of hydrogen-bond donors (Lipinski definition) is 1. The summed E-state index contributed by atoms with van der Waals surface area (Å²) >= 11 is 0. The van der Waals surface area contributed by atoms with E-state index in [4.69, 9.17) is 9.47 Å². The Labute approximate surface area is 196 Å². The molecular weight excluding hydrogens is 412 g/mol. The average molecular weight is 445 g/mol. The summed E-state index contributed by atoms with van der Waals surface area (Å²) < 4.78 is 11.2. The van der Waals surface area contributed by atoms with Crippen molar-refractivity contribution in [2.24, 2.45) is 0 Å². The van der Waals surface area contributed by atoms with Crippen LogP contribution in [0, 0.1) is 0 Å². The molecule has 172 valence electrons. The Morgan fingerprint density at radius 3 is 2.42 bits per heavy atom. The SMILES string of the molecule is COc1cc(CNC(=O)c2ccc(CN3CCc4ccccc4C3)cc2)ccc1OC(C)C. The van der Waals surface area contributed by atoms with Crippen LogP contribution in [0.15, 0.2) is 66.7 Å². The van der Waals surface area contributed by atoms with Gasteiger partial charge in [-0.05, 0) is 66.8 Å². The number of benzene rings is 3. The summed E-state index contributed by atoms with van der Waals surface area (Å²) in [6.45, 7) is 7.30. The molecule has 1 aliphatic heterocycles. The minimum atomic E-state index is -0.0880. The molecule has 1 N–H and O–H groups in total. The molecular formula is C28H32N2O3. The first kappa shape index (κ1) is 22.9. The van der Waals surface area contributed by atoms with E-state index < -0.39 is 0 Å². The Morgan fingerprint density at radius 2 is 1.70 bits per heavy atom. The van der Waals surface area contributed by atoms with Gasteiger partial charge in [-0.1, -0.05) is 42.5 Å². The Hall–Kier alpha value is -3.31. The molecule has 0 saturated carbocycles. The fourth-order valence-electron chi connectivity index (χ4n) is 4.17. The van der Waals surface area contributed by atoms with Crippen LogP contribution in [0.4, 0.5) is 0 Å². The lowest BCUT2D eigenvalue weighted by Crippen LogP contribution is -2.30. The summed E-state index contributed by atoms with van der Waals surface area (Å²) in [5.41, 5.74) is 5.71. The van der Waals surface area contributed by atoms with E-state index in [0.29, 0.717) is 23.6 Å². The number of nitrogens with zero attached hydrogens (tertiary/aromatic N) is 1. The monoisotopic (exact) mass is 444 g/mol. The fraction of sp³-hybridized carbons (Fsp3) is 0.321. The molecule has 0 aliphatic carbocycles. The number of carbonyl (C=O) groups is 1. The van der Waals surface area contributed by atoms with Crippen LogP contribution in [0.25, 0.3) is 0 Å². The molecule has 0 unspecified atom stereocenters. The summed E-state index contributed by atoms with van der Waals surface area (Å²) in [6.07, 6.45) is 1.16. The maximum atomic E-state index is 12.6. The zero-order valence-electron chi connectivity index (χ0n) is 19.6. The van der Waals surface area contributed by atoms with Crippen LogP contribution in [-0.2, 0) is 26.1 Å². The first-order chi connectivity index (χ1) is 16.0. The molecule has 0 bridgehead atoms. The summed E-state index contributed by atoms with van der Waals surface area (Å²) in [7, 11) is 1.62. The Morgan fingerprint density at radius 1 is 0.970 bits per heavy atom. The van der Waals surface area contributed by atoms with Crippen LogP contribution in [0.3, 0.4) is 0 Å². The maximum absolute atomic E-state index is 12.6. The number of ether oxygens (including phenoxy) is 2. The molecule has 0 spiro atoms. The second-order valence-corrected chi connectivity index (χ2v) is 8.76. The number of carbonyl (C=O) groups excluding carboxylic acids is 1. The molecule has 3 aromatic carbocycles. The van der Waals surface area contributed by atoms with Gasteiger partial charge < -0.3 is 14.8 Å². The van der Waals surface area contributed by atoms with Crippen LogP contribution in [0.5, 0.6) is 11.5 Å². The van der Waals surface area contributed by atoms with Crippen LogP contribution in [0.1, 0.15) is 46.5 Å². The van der Waals surface area contributed by atoms with Crippen LogP contribution >= 0.6 is 0 Å². The summed E-state index contributed by atoms with van der Waals surface area (Å²) in [6, 6.07) is 22.3. The molecule has 1 amide bonds. The smallest absolute Gasteiger partial charge is 0.251 e. The highest BCUT2D eigenvalue weighted by molar-refractivity contribution is 5.94. The van der Waals surface area contributed by atoms with Crippen LogP contribution in [-0.4, -0.2) is 30.6 Å². The highest BCUT2D eigenvalue weighted by Crippen LogP contribution is 2.29. The van der Waals surface area contributed by atoms with Crippen LogP contribution in [0.2, 0.25) is 0 Å². The van der Waals surface area contributed by atoms with Crippen molar-refractivity contribution in [2.75, 3.05) is 13.7 Å². The Kier molecular flexibility index (Phi) is 7.30. The lowest BCUT2D eigenvalue weighted by molar-refractivity contribution is 0.0951. The lowest BCUT2D eigenvalue weighted by atomic mass is 9.99. The van der Waals surface area contributed by atoms with Gasteiger partial charge >= 0.3 is 0 Å². The predicted octanol–water partition coefficient (Wildman–Crippen LogP) is 4.97. The van der Waals surface area contributed by atoms with E-state index in [1.165, 1.54) is 16.7 Å². The molecule has 3 aromatic rings. The summed E-state index contributed by atoms with van der Waals surface area (Å²) in [5, 5.41) is 2.99. The number of fused-ring (bicyclic) bond motifs is 1. The van der Waals surface area contributed by atoms with Gasteiger partial charge in [0.1, 0.15) is 0 Å². The van der Waals surface area contributed by atoms with Gasteiger partial charge in [0.25, 0.3) is 5.91 Å². The van der Waals surface area contributed by atoms with E-state index in [-0.39, 0.29) is 12.0 Å². The predicted molar refractivity (Wildman–Crippen MR) is 131 cm³/mol. The van der Waals surface area contributed by atoms with E-state index in [1.54, 1.807) is 7.11 Å². The Balaban J connectivity index is 1.31. The van der Waals surface area contributed by atoms with Crippen molar-refractivity contribution >= 4 is 5.91 Å². The molecule has 1 heterocycles. The fourth-order valence-corrected chi connectivity index (χ4v) is 4.17. The minimum Gasteiger partial charge on any atom is -0.493 e. The maximum Gasteiger partial charge on any atom is 0.251 e. The largest absolute Gasteiger partial charge is 0.493 e. The van der Waals surface area contributed by atoms with Gasteiger partial charge in [-0.3, -0.25) is 9.69 Å². The number of rotatable bonds is 8. The molecule has 0 saturated heterocycles. The van der Waals surface area contributed by atoms with Crippen molar-refractivity contribution in [3.05, 3.63) is 94.5 Å². The molecule has 5 nitrogen and oxygen atoms in total. The number of amides is 1. The molecule has 1 aliphatic rings. The zero-order chi connectivity index (χ0) is 23.2. The lowest BCUT2D eigenvalue weighted by Gasteiger charge is -2.28. The standard InChI is InChI=1S/C28H32N2O3/c1-20(2)33-26-13-10-22(16-27(26)32-3)17-29-28(31)24-11-8-21(9-12-24)18-30-15-14-23-6-4-5-7-25(23)19-30/h4-13,16,20H,14-15,17-19H2,1-3H3,(H,29,31). The van der Waals surface area contributed by atoms with Gasteiger partial charge in [0, 0.05) is 31.7 Å². The molecule has 33 heavy (non-hydrogen) atoms. The molecule has 0 radical (unpaired) electrons. The first-order valence-electron chi connectivity index (χ1n) is 11.5. The van der Waals surface area contributed by atoms with E-state index in [1.807, 2.05) is 44.2 Å². The molecule has 0 aromatic heterocycles.